The topological polar surface area (TPSA) is 38.3 Å². The fourth-order valence-electron chi connectivity index (χ4n) is 1.49. The molecular weight excluding hydrogens is 202 g/mol. The Bertz CT molecular complexity index is 185. The molecule has 0 aromatic heterocycles. The Kier molecular flexibility index (Phi) is 8.26. The van der Waals surface area contributed by atoms with E-state index in [2.05, 4.69) is 5.32 Å². The Morgan fingerprint density at radius 1 is 1.06 bits per heavy atom. The molecule has 0 unspecified atom stereocenters. The molecule has 0 rings (SSSR count). The first kappa shape index (κ1) is 15.4. The van der Waals surface area contributed by atoms with Gasteiger partial charge in [-0.25, -0.2) is 0 Å². The average Bonchev–Trinajstić information content (AvgIpc) is 2.13. The van der Waals surface area contributed by atoms with Crippen molar-refractivity contribution in [2.45, 2.75) is 64.9 Å². The highest BCUT2D eigenvalue weighted by atomic mass is 16.6. The van der Waals surface area contributed by atoms with Crippen LogP contribution < -0.4 is 5.32 Å². The third-order valence-electron chi connectivity index (χ3n) is 2.23. The van der Waals surface area contributed by atoms with Crippen molar-refractivity contribution in [2.24, 2.45) is 0 Å². The van der Waals surface area contributed by atoms with Gasteiger partial charge in [0.15, 0.2) is 0 Å². The lowest BCUT2D eigenvalue weighted by molar-refractivity contribution is -0.154. The number of nitrogens with one attached hydrogen (secondary N) is 1. The van der Waals surface area contributed by atoms with Crippen LogP contribution in [0.15, 0.2) is 0 Å². The predicted molar refractivity (Wildman–Crippen MR) is 67.5 cm³/mol. The standard InChI is InChI=1S/C13H27NO2/c1-13(2,3)16-12(15)10-8-6-5-7-9-11-14-4/h14H,5-11H2,1-4H3. The highest BCUT2D eigenvalue weighted by Gasteiger charge is 2.15. The fourth-order valence-corrected chi connectivity index (χ4v) is 1.49. The molecule has 96 valence electrons. The van der Waals surface area contributed by atoms with Gasteiger partial charge >= 0.3 is 5.97 Å². The molecule has 0 saturated heterocycles. The van der Waals surface area contributed by atoms with Crippen LogP contribution in [0.5, 0.6) is 0 Å². The van der Waals surface area contributed by atoms with Gasteiger partial charge in [0.25, 0.3) is 0 Å². The van der Waals surface area contributed by atoms with Crippen LogP contribution in [0, 0.1) is 0 Å². The maximum Gasteiger partial charge on any atom is 0.306 e. The van der Waals surface area contributed by atoms with Crippen molar-refractivity contribution < 1.29 is 9.53 Å². The Morgan fingerprint density at radius 2 is 1.62 bits per heavy atom. The molecule has 0 radical (unpaired) electrons. The van der Waals surface area contributed by atoms with Crippen molar-refractivity contribution in [3.05, 3.63) is 0 Å². The summed E-state index contributed by atoms with van der Waals surface area (Å²) in [5.74, 6) is -0.0669. The van der Waals surface area contributed by atoms with Gasteiger partial charge in [-0.1, -0.05) is 19.3 Å². The van der Waals surface area contributed by atoms with E-state index in [0.717, 1.165) is 19.4 Å². The highest BCUT2D eigenvalue weighted by molar-refractivity contribution is 5.69. The molecule has 0 fully saturated rings. The van der Waals surface area contributed by atoms with E-state index in [1.165, 1.54) is 19.3 Å². The minimum absolute atomic E-state index is 0.0669. The van der Waals surface area contributed by atoms with E-state index in [9.17, 15) is 4.79 Å². The van der Waals surface area contributed by atoms with Crippen LogP contribution in [0.3, 0.4) is 0 Å². The minimum Gasteiger partial charge on any atom is -0.460 e. The van der Waals surface area contributed by atoms with E-state index in [-0.39, 0.29) is 11.6 Å². The lowest BCUT2D eigenvalue weighted by Gasteiger charge is -2.19. The molecule has 0 aromatic rings. The van der Waals surface area contributed by atoms with Crippen molar-refractivity contribution in [1.29, 1.82) is 0 Å². The zero-order valence-electron chi connectivity index (χ0n) is 11.3. The summed E-state index contributed by atoms with van der Waals surface area (Å²) < 4.78 is 5.23. The first-order valence-electron chi connectivity index (χ1n) is 6.32. The van der Waals surface area contributed by atoms with Crippen LogP contribution in [0.1, 0.15) is 59.3 Å². The number of ether oxygens (including phenoxy) is 1. The average molecular weight is 229 g/mol. The van der Waals surface area contributed by atoms with E-state index >= 15 is 0 Å². The van der Waals surface area contributed by atoms with Crippen molar-refractivity contribution >= 4 is 5.97 Å². The highest BCUT2D eigenvalue weighted by Crippen LogP contribution is 2.11. The number of hydrogen-bond acceptors (Lipinski definition) is 3. The summed E-state index contributed by atoms with van der Waals surface area (Å²) in [6.07, 6.45) is 6.32. The van der Waals surface area contributed by atoms with Crippen LogP contribution >= 0.6 is 0 Å². The minimum atomic E-state index is -0.343. The van der Waals surface area contributed by atoms with E-state index in [0.29, 0.717) is 6.42 Å². The number of carbonyl (C=O) groups excluding carboxylic acids is 1. The van der Waals surface area contributed by atoms with Crippen LogP contribution in [-0.4, -0.2) is 25.2 Å². The number of unbranched alkanes of at least 4 members (excludes halogenated alkanes) is 4. The SMILES string of the molecule is CNCCCCCCCC(=O)OC(C)(C)C. The van der Waals surface area contributed by atoms with Gasteiger partial charge in [-0.2, -0.15) is 0 Å². The van der Waals surface area contributed by atoms with Crippen LogP contribution in [0.4, 0.5) is 0 Å². The van der Waals surface area contributed by atoms with Gasteiger partial charge in [-0.05, 0) is 47.2 Å². The molecule has 1 N–H and O–H groups in total. The largest absolute Gasteiger partial charge is 0.460 e. The third kappa shape index (κ3) is 11.5. The van der Waals surface area contributed by atoms with Crippen molar-refractivity contribution in [3.8, 4) is 0 Å². The zero-order valence-corrected chi connectivity index (χ0v) is 11.3. The number of rotatable bonds is 8. The molecule has 0 aliphatic rings. The smallest absolute Gasteiger partial charge is 0.306 e. The molecule has 3 nitrogen and oxygen atoms in total. The molecule has 0 amide bonds. The second-order valence-corrected chi connectivity index (χ2v) is 5.21. The van der Waals surface area contributed by atoms with E-state index in [1.54, 1.807) is 0 Å². The van der Waals surface area contributed by atoms with Crippen molar-refractivity contribution in [2.75, 3.05) is 13.6 Å². The molecule has 0 bridgehead atoms. The molecule has 0 spiro atoms. The van der Waals surface area contributed by atoms with Gasteiger partial charge in [0.05, 0.1) is 0 Å². The maximum atomic E-state index is 11.4. The predicted octanol–water partition coefficient (Wildman–Crippen LogP) is 2.89. The zero-order chi connectivity index (χ0) is 12.4. The van der Waals surface area contributed by atoms with Gasteiger partial charge < -0.3 is 10.1 Å². The maximum absolute atomic E-state index is 11.4. The molecule has 3 heteroatoms. The number of hydrogen-bond donors (Lipinski definition) is 1. The van der Waals surface area contributed by atoms with Gasteiger partial charge in [-0.3, -0.25) is 4.79 Å². The second-order valence-electron chi connectivity index (χ2n) is 5.21. The van der Waals surface area contributed by atoms with Crippen molar-refractivity contribution in [3.63, 3.8) is 0 Å². The van der Waals surface area contributed by atoms with Gasteiger partial charge in [0, 0.05) is 6.42 Å². The number of esters is 1. The van der Waals surface area contributed by atoms with E-state index in [4.69, 9.17) is 4.74 Å². The lowest BCUT2D eigenvalue weighted by Crippen LogP contribution is -2.23. The Hall–Kier alpha value is -0.570. The third-order valence-corrected chi connectivity index (χ3v) is 2.23. The van der Waals surface area contributed by atoms with Crippen molar-refractivity contribution in [1.82, 2.24) is 5.32 Å². The molecule has 0 atom stereocenters. The Morgan fingerprint density at radius 3 is 2.19 bits per heavy atom. The summed E-state index contributed by atoms with van der Waals surface area (Å²) in [5.41, 5.74) is -0.343. The molecule has 0 saturated carbocycles. The second kappa shape index (κ2) is 8.57. The molecular formula is C13H27NO2. The molecule has 0 aliphatic carbocycles. The van der Waals surface area contributed by atoms with Crippen LogP contribution in [0.25, 0.3) is 0 Å². The molecule has 0 aromatic carbocycles. The molecule has 16 heavy (non-hydrogen) atoms. The van der Waals surface area contributed by atoms with Gasteiger partial charge in [-0.15, -0.1) is 0 Å². The first-order valence-corrected chi connectivity index (χ1v) is 6.32. The summed E-state index contributed by atoms with van der Waals surface area (Å²) in [5, 5.41) is 3.13. The quantitative estimate of drug-likeness (QED) is 0.514. The summed E-state index contributed by atoms with van der Waals surface area (Å²) >= 11 is 0. The van der Waals surface area contributed by atoms with Crippen LogP contribution in [0.2, 0.25) is 0 Å². The van der Waals surface area contributed by atoms with Gasteiger partial charge in [0.1, 0.15) is 5.60 Å². The lowest BCUT2D eigenvalue weighted by atomic mass is 10.1. The summed E-state index contributed by atoms with van der Waals surface area (Å²) in [6, 6.07) is 0. The van der Waals surface area contributed by atoms with E-state index in [1.807, 2.05) is 27.8 Å². The van der Waals surface area contributed by atoms with E-state index < -0.39 is 0 Å². The Labute approximate surface area is 99.9 Å². The van der Waals surface area contributed by atoms with Crippen LogP contribution in [-0.2, 0) is 9.53 Å². The van der Waals surface area contributed by atoms with Gasteiger partial charge in [0.2, 0.25) is 0 Å². The molecule has 0 heterocycles. The summed E-state index contributed by atoms with van der Waals surface area (Å²) in [6.45, 7) is 6.81. The normalized spacial score (nSPS) is 11.5. The fraction of sp³-hybridized carbons (Fsp3) is 0.923. The Balaban J connectivity index is 3.28. The monoisotopic (exact) mass is 229 g/mol. The summed E-state index contributed by atoms with van der Waals surface area (Å²) in [7, 11) is 1.97. The first-order chi connectivity index (χ1) is 7.45. The number of carbonyl (C=O) groups is 1. The molecule has 0 aliphatic heterocycles. The summed E-state index contributed by atoms with van der Waals surface area (Å²) in [4.78, 5) is 11.4.